The predicted octanol–water partition coefficient (Wildman–Crippen LogP) is 2.48. The van der Waals surface area contributed by atoms with Crippen LogP contribution >= 0.6 is 11.3 Å². The van der Waals surface area contributed by atoms with Crippen molar-refractivity contribution in [1.29, 1.82) is 0 Å². The van der Waals surface area contributed by atoms with Gasteiger partial charge in [-0.2, -0.15) is 13.2 Å². The van der Waals surface area contributed by atoms with Gasteiger partial charge in [0.05, 0.1) is 18.2 Å². The molecule has 2 N–H and O–H groups in total. The van der Waals surface area contributed by atoms with Crippen molar-refractivity contribution < 1.29 is 23.1 Å². The number of amides is 1. The number of aliphatic hydroxyl groups is 1. The predicted molar refractivity (Wildman–Crippen MR) is 56.7 cm³/mol. The summed E-state index contributed by atoms with van der Waals surface area (Å²) >= 11 is 1.06. The average Bonchev–Trinajstić information content (AvgIpc) is 2.62. The van der Waals surface area contributed by atoms with Gasteiger partial charge in [0.1, 0.15) is 0 Å². The van der Waals surface area contributed by atoms with E-state index in [1.54, 1.807) is 0 Å². The summed E-state index contributed by atoms with van der Waals surface area (Å²) in [5.74, 6) is -0.742. The molecule has 0 fully saturated rings. The number of hydrogen-bond donors (Lipinski definition) is 2. The molecule has 4 nitrogen and oxygen atoms in total. The van der Waals surface area contributed by atoms with Crippen LogP contribution in [0.4, 0.5) is 18.3 Å². The molecule has 96 valence electrons. The third-order valence-electron chi connectivity index (χ3n) is 1.83. The number of halogens is 3. The molecule has 0 spiro atoms. The highest BCUT2D eigenvalue weighted by Gasteiger charge is 2.28. The molecule has 1 heterocycles. The first-order valence-electron chi connectivity index (χ1n) is 4.78. The number of nitrogens with zero attached hydrogens (tertiary/aromatic N) is 1. The van der Waals surface area contributed by atoms with Crippen LogP contribution in [0.5, 0.6) is 0 Å². The Morgan fingerprint density at radius 3 is 2.76 bits per heavy atom. The van der Waals surface area contributed by atoms with Crippen LogP contribution in [-0.2, 0) is 4.79 Å². The fourth-order valence-corrected chi connectivity index (χ4v) is 1.79. The first-order valence-corrected chi connectivity index (χ1v) is 5.66. The van der Waals surface area contributed by atoms with Gasteiger partial charge in [-0.3, -0.25) is 4.79 Å². The van der Waals surface area contributed by atoms with Crippen LogP contribution in [-0.4, -0.2) is 22.2 Å². The monoisotopic (exact) mass is 268 g/mol. The number of hydrogen-bond acceptors (Lipinski definition) is 4. The van der Waals surface area contributed by atoms with Gasteiger partial charge in [0.25, 0.3) is 0 Å². The fraction of sp³-hybridized carbons (Fsp3) is 0.556. The minimum absolute atomic E-state index is 0.188. The van der Waals surface area contributed by atoms with Crippen LogP contribution < -0.4 is 5.32 Å². The maximum absolute atomic E-state index is 11.8. The zero-order valence-corrected chi connectivity index (χ0v) is 9.73. The normalized spacial score (nSPS) is 13.5. The summed E-state index contributed by atoms with van der Waals surface area (Å²) in [5.41, 5.74) is 0.376. The quantitative estimate of drug-likeness (QED) is 0.881. The lowest BCUT2D eigenvalue weighted by molar-refractivity contribution is -0.142. The molecule has 1 atom stereocenters. The van der Waals surface area contributed by atoms with E-state index in [-0.39, 0.29) is 5.13 Å². The second-order valence-corrected chi connectivity index (χ2v) is 4.27. The molecule has 1 aromatic heterocycles. The lowest BCUT2D eigenvalue weighted by Gasteiger charge is -2.05. The van der Waals surface area contributed by atoms with E-state index in [1.807, 2.05) is 0 Å². The molecule has 17 heavy (non-hydrogen) atoms. The Morgan fingerprint density at radius 1 is 1.65 bits per heavy atom. The third-order valence-corrected chi connectivity index (χ3v) is 2.61. The molecule has 0 aliphatic carbocycles. The van der Waals surface area contributed by atoms with Crippen molar-refractivity contribution in [2.75, 3.05) is 5.32 Å². The summed E-state index contributed by atoms with van der Waals surface area (Å²) in [6.45, 7) is 1.50. The van der Waals surface area contributed by atoms with Gasteiger partial charge < -0.3 is 10.4 Å². The van der Waals surface area contributed by atoms with Gasteiger partial charge in [-0.05, 0) is 6.92 Å². The van der Waals surface area contributed by atoms with Crippen molar-refractivity contribution >= 4 is 22.4 Å². The van der Waals surface area contributed by atoms with Crippen LogP contribution in [0, 0.1) is 0 Å². The summed E-state index contributed by atoms with van der Waals surface area (Å²) in [6, 6.07) is 0. The lowest BCUT2D eigenvalue weighted by atomic mass is 10.3. The number of anilines is 1. The maximum Gasteiger partial charge on any atom is 0.389 e. The zero-order chi connectivity index (χ0) is 13.1. The van der Waals surface area contributed by atoms with Crippen LogP contribution in [0.3, 0.4) is 0 Å². The highest BCUT2D eigenvalue weighted by atomic mass is 32.1. The SMILES string of the molecule is CC(O)c1csc(NC(=O)CCC(F)(F)F)n1. The second-order valence-electron chi connectivity index (χ2n) is 3.42. The molecule has 0 radical (unpaired) electrons. The standard InChI is InChI=1S/C9H11F3N2O2S/c1-5(15)6-4-17-8(13-6)14-7(16)2-3-9(10,11)12/h4-5,15H,2-3H2,1H3,(H,13,14,16). The molecule has 0 aliphatic rings. The Balaban J connectivity index is 2.45. The molecular weight excluding hydrogens is 257 g/mol. The zero-order valence-electron chi connectivity index (χ0n) is 8.91. The number of thiazole rings is 1. The Kier molecular flexibility index (Phi) is 4.47. The van der Waals surface area contributed by atoms with Crippen molar-refractivity contribution in [3.63, 3.8) is 0 Å². The first kappa shape index (κ1) is 13.9. The van der Waals surface area contributed by atoms with Crippen molar-refractivity contribution in [1.82, 2.24) is 4.98 Å². The minimum Gasteiger partial charge on any atom is -0.387 e. The van der Waals surface area contributed by atoms with E-state index in [9.17, 15) is 18.0 Å². The van der Waals surface area contributed by atoms with Crippen LogP contribution in [0.15, 0.2) is 5.38 Å². The second kappa shape index (κ2) is 5.46. The van der Waals surface area contributed by atoms with E-state index < -0.39 is 31.0 Å². The fourth-order valence-electron chi connectivity index (χ4n) is 0.972. The molecule has 1 aromatic rings. The molecule has 0 bridgehead atoms. The maximum atomic E-state index is 11.8. The Bertz CT molecular complexity index is 390. The van der Waals surface area contributed by atoms with Crippen LogP contribution in [0.2, 0.25) is 0 Å². The molecule has 0 saturated heterocycles. The number of carbonyl (C=O) groups excluding carboxylic acids is 1. The Labute approximate surface area is 99.5 Å². The van der Waals surface area contributed by atoms with E-state index in [4.69, 9.17) is 5.11 Å². The van der Waals surface area contributed by atoms with Crippen molar-refractivity contribution in [2.24, 2.45) is 0 Å². The minimum atomic E-state index is -4.34. The number of carbonyl (C=O) groups is 1. The molecule has 8 heteroatoms. The number of aliphatic hydroxyl groups excluding tert-OH is 1. The van der Waals surface area contributed by atoms with Gasteiger partial charge in [0.15, 0.2) is 5.13 Å². The van der Waals surface area contributed by atoms with E-state index in [0.717, 1.165) is 11.3 Å². The Morgan fingerprint density at radius 2 is 2.29 bits per heavy atom. The number of aromatic nitrogens is 1. The van der Waals surface area contributed by atoms with Crippen molar-refractivity contribution in [2.45, 2.75) is 32.0 Å². The van der Waals surface area contributed by atoms with Gasteiger partial charge in [0, 0.05) is 11.8 Å². The lowest BCUT2D eigenvalue weighted by Crippen LogP contribution is -2.16. The van der Waals surface area contributed by atoms with Crippen molar-refractivity contribution in [3.8, 4) is 0 Å². The number of rotatable bonds is 4. The van der Waals surface area contributed by atoms with Gasteiger partial charge in [-0.25, -0.2) is 4.98 Å². The van der Waals surface area contributed by atoms with Gasteiger partial charge in [0.2, 0.25) is 5.91 Å². The summed E-state index contributed by atoms with van der Waals surface area (Å²) in [5, 5.41) is 13.1. The molecule has 0 aliphatic heterocycles. The first-order chi connectivity index (χ1) is 7.78. The van der Waals surface area contributed by atoms with E-state index in [1.165, 1.54) is 12.3 Å². The summed E-state index contributed by atoms with van der Waals surface area (Å²) in [4.78, 5) is 15.0. The molecular formula is C9H11F3N2O2S. The van der Waals surface area contributed by atoms with E-state index >= 15 is 0 Å². The highest BCUT2D eigenvalue weighted by Crippen LogP contribution is 2.23. The highest BCUT2D eigenvalue weighted by molar-refractivity contribution is 7.13. The van der Waals surface area contributed by atoms with E-state index in [2.05, 4.69) is 10.3 Å². The smallest absolute Gasteiger partial charge is 0.387 e. The largest absolute Gasteiger partial charge is 0.389 e. The molecule has 0 aromatic carbocycles. The Hall–Kier alpha value is -1.15. The van der Waals surface area contributed by atoms with Gasteiger partial charge in [-0.15, -0.1) is 11.3 Å². The van der Waals surface area contributed by atoms with E-state index in [0.29, 0.717) is 5.69 Å². The number of nitrogens with one attached hydrogen (secondary N) is 1. The topological polar surface area (TPSA) is 62.2 Å². The van der Waals surface area contributed by atoms with Crippen LogP contribution in [0.25, 0.3) is 0 Å². The molecule has 1 rings (SSSR count). The average molecular weight is 268 g/mol. The summed E-state index contributed by atoms with van der Waals surface area (Å²) in [6.07, 6.45) is -6.90. The summed E-state index contributed by atoms with van der Waals surface area (Å²) in [7, 11) is 0. The third kappa shape index (κ3) is 5.14. The van der Waals surface area contributed by atoms with Crippen LogP contribution in [0.1, 0.15) is 31.6 Å². The van der Waals surface area contributed by atoms with Crippen molar-refractivity contribution in [3.05, 3.63) is 11.1 Å². The molecule has 0 saturated carbocycles. The molecule has 1 amide bonds. The van der Waals surface area contributed by atoms with Gasteiger partial charge >= 0.3 is 6.18 Å². The molecule has 1 unspecified atom stereocenters. The number of alkyl halides is 3. The summed E-state index contributed by atoms with van der Waals surface area (Å²) < 4.78 is 35.5. The van der Waals surface area contributed by atoms with Gasteiger partial charge in [-0.1, -0.05) is 0 Å².